The van der Waals surface area contributed by atoms with Gasteiger partial charge in [0.25, 0.3) is 0 Å². The van der Waals surface area contributed by atoms with E-state index in [0.717, 1.165) is 37.3 Å². The molecule has 1 aromatic heterocycles. The maximum absolute atomic E-state index is 5.72. The van der Waals surface area contributed by atoms with E-state index in [1.165, 1.54) is 6.42 Å². The Kier molecular flexibility index (Phi) is 7.47. The average molecular weight is 294 g/mol. The van der Waals surface area contributed by atoms with Crippen molar-refractivity contribution in [3.05, 3.63) is 24.0 Å². The Morgan fingerprint density at radius 2 is 2.15 bits per heavy atom. The third-order valence-electron chi connectivity index (χ3n) is 3.49. The molecule has 0 aliphatic rings. The van der Waals surface area contributed by atoms with E-state index < -0.39 is 0 Å². The fourth-order valence-corrected chi connectivity index (χ4v) is 2.40. The number of pyridine rings is 1. The first-order valence-corrected chi connectivity index (χ1v) is 7.72. The third kappa shape index (κ3) is 5.43. The zero-order valence-electron chi connectivity index (χ0n) is 12.7. The summed E-state index contributed by atoms with van der Waals surface area (Å²) in [5.74, 6) is 0. The molecule has 1 rings (SSSR count). The highest BCUT2D eigenvalue weighted by atomic mass is 32.1. The minimum atomic E-state index is 0.378. The van der Waals surface area contributed by atoms with Crippen LogP contribution in [-0.2, 0) is 0 Å². The molecule has 0 radical (unpaired) electrons. The Hall–Kier alpha value is -1.20. The van der Waals surface area contributed by atoms with Crippen LogP contribution in [0.15, 0.2) is 18.5 Å². The van der Waals surface area contributed by atoms with Crippen LogP contribution in [-0.4, -0.2) is 40.5 Å². The molecule has 0 spiro atoms. The number of nitrogens with one attached hydrogen (secondary N) is 1. The molecule has 0 bridgehead atoms. The molecule has 112 valence electrons. The lowest BCUT2D eigenvalue weighted by molar-refractivity contribution is 0.295. The molecule has 1 atom stereocenters. The Morgan fingerprint density at radius 3 is 2.75 bits per heavy atom. The summed E-state index contributed by atoms with van der Waals surface area (Å²) in [6.45, 7) is 9.97. The minimum absolute atomic E-state index is 0.378. The maximum atomic E-state index is 5.72. The van der Waals surface area contributed by atoms with Crippen LogP contribution in [0.4, 0.5) is 5.69 Å². The Morgan fingerprint density at radius 1 is 1.45 bits per heavy atom. The van der Waals surface area contributed by atoms with Gasteiger partial charge in [-0.25, -0.2) is 0 Å². The molecule has 0 aromatic carbocycles. The summed E-state index contributed by atoms with van der Waals surface area (Å²) >= 11 is 5.06. The lowest BCUT2D eigenvalue weighted by Crippen LogP contribution is -2.26. The molecular weight excluding hydrogens is 268 g/mol. The Labute approximate surface area is 127 Å². The van der Waals surface area contributed by atoms with E-state index in [4.69, 9.17) is 18.0 Å². The van der Waals surface area contributed by atoms with Gasteiger partial charge in [0.05, 0.1) is 11.9 Å². The summed E-state index contributed by atoms with van der Waals surface area (Å²) in [5.41, 5.74) is 7.52. The molecule has 0 fully saturated rings. The quantitative estimate of drug-likeness (QED) is 0.686. The van der Waals surface area contributed by atoms with E-state index in [1.807, 2.05) is 6.07 Å². The summed E-state index contributed by atoms with van der Waals surface area (Å²) in [6, 6.07) is 2.23. The number of rotatable bonds is 9. The van der Waals surface area contributed by atoms with Crippen molar-refractivity contribution in [2.75, 3.05) is 25.0 Å². The zero-order valence-corrected chi connectivity index (χ0v) is 13.5. The van der Waals surface area contributed by atoms with Gasteiger partial charge in [0.15, 0.2) is 0 Å². The predicted molar refractivity (Wildman–Crippen MR) is 90.2 cm³/mol. The van der Waals surface area contributed by atoms with E-state index >= 15 is 0 Å². The van der Waals surface area contributed by atoms with Gasteiger partial charge in [0.2, 0.25) is 0 Å². The van der Waals surface area contributed by atoms with Crippen LogP contribution < -0.4 is 11.1 Å². The first kappa shape index (κ1) is 16.9. The number of nitrogens with two attached hydrogens (primary N) is 1. The van der Waals surface area contributed by atoms with Gasteiger partial charge in [-0.15, -0.1) is 0 Å². The second kappa shape index (κ2) is 8.87. The van der Waals surface area contributed by atoms with E-state index in [-0.39, 0.29) is 0 Å². The van der Waals surface area contributed by atoms with Gasteiger partial charge in [0, 0.05) is 17.8 Å². The van der Waals surface area contributed by atoms with Gasteiger partial charge < -0.3 is 16.0 Å². The molecule has 0 amide bonds. The van der Waals surface area contributed by atoms with Crippen LogP contribution >= 0.6 is 12.2 Å². The predicted octanol–water partition coefficient (Wildman–Crippen LogP) is 2.64. The van der Waals surface area contributed by atoms with Crippen molar-refractivity contribution in [2.24, 2.45) is 5.73 Å². The van der Waals surface area contributed by atoms with Crippen LogP contribution in [0.1, 0.15) is 39.2 Å². The average Bonchev–Trinajstić information content (AvgIpc) is 2.44. The highest BCUT2D eigenvalue weighted by molar-refractivity contribution is 7.80. The summed E-state index contributed by atoms with van der Waals surface area (Å²) in [7, 11) is 0. The fourth-order valence-electron chi connectivity index (χ4n) is 2.22. The lowest BCUT2D eigenvalue weighted by atomic mass is 10.1. The molecule has 0 aliphatic heterocycles. The lowest BCUT2D eigenvalue weighted by Gasteiger charge is -2.21. The maximum Gasteiger partial charge on any atom is 0.106 e. The van der Waals surface area contributed by atoms with Crippen molar-refractivity contribution < 1.29 is 0 Å². The highest BCUT2D eigenvalue weighted by Crippen LogP contribution is 2.15. The van der Waals surface area contributed by atoms with Crippen molar-refractivity contribution in [1.82, 2.24) is 9.88 Å². The van der Waals surface area contributed by atoms with Crippen molar-refractivity contribution in [3.63, 3.8) is 0 Å². The second-order valence-corrected chi connectivity index (χ2v) is 5.44. The fraction of sp³-hybridized carbons (Fsp3) is 0.600. The highest BCUT2D eigenvalue weighted by Gasteiger charge is 2.09. The van der Waals surface area contributed by atoms with Crippen LogP contribution in [0.5, 0.6) is 0 Å². The molecule has 1 unspecified atom stereocenters. The third-order valence-corrected chi connectivity index (χ3v) is 3.71. The number of hydrogen-bond donors (Lipinski definition) is 2. The van der Waals surface area contributed by atoms with E-state index in [9.17, 15) is 0 Å². The van der Waals surface area contributed by atoms with Gasteiger partial charge in [-0.1, -0.05) is 26.1 Å². The Bertz CT molecular complexity index is 418. The summed E-state index contributed by atoms with van der Waals surface area (Å²) < 4.78 is 0. The van der Waals surface area contributed by atoms with Crippen molar-refractivity contribution in [3.8, 4) is 0 Å². The van der Waals surface area contributed by atoms with Crippen LogP contribution in [0.2, 0.25) is 0 Å². The molecule has 1 aromatic rings. The van der Waals surface area contributed by atoms with Crippen LogP contribution in [0.25, 0.3) is 0 Å². The first-order valence-electron chi connectivity index (χ1n) is 7.31. The molecule has 3 N–H and O–H groups in total. The largest absolute Gasteiger partial charge is 0.389 e. The van der Waals surface area contributed by atoms with Crippen LogP contribution in [0, 0.1) is 0 Å². The van der Waals surface area contributed by atoms with E-state index in [0.29, 0.717) is 11.0 Å². The standard InChI is InChI=1S/C15H26N4S/c1-4-19(5-2)10-6-7-12(3)18-14-11-17-9-8-13(14)15(16)20/h8-9,11-12,18H,4-7,10H2,1-3H3,(H2,16,20). The van der Waals surface area contributed by atoms with E-state index in [1.54, 1.807) is 12.4 Å². The molecule has 1 heterocycles. The van der Waals surface area contributed by atoms with Gasteiger partial charge >= 0.3 is 0 Å². The number of thiocarbonyl (C=S) groups is 1. The molecule has 0 saturated carbocycles. The van der Waals surface area contributed by atoms with Gasteiger partial charge in [-0.05, 0) is 45.5 Å². The molecule has 20 heavy (non-hydrogen) atoms. The van der Waals surface area contributed by atoms with Crippen molar-refractivity contribution in [2.45, 2.75) is 39.7 Å². The number of aromatic nitrogens is 1. The summed E-state index contributed by atoms with van der Waals surface area (Å²) in [5, 5.41) is 3.45. The van der Waals surface area contributed by atoms with Crippen LogP contribution in [0.3, 0.4) is 0 Å². The minimum Gasteiger partial charge on any atom is -0.389 e. The molecule has 5 heteroatoms. The topological polar surface area (TPSA) is 54.2 Å². The van der Waals surface area contributed by atoms with Gasteiger partial charge in [-0.2, -0.15) is 0 Å². The number of anilines is 1. The molecule has 4 nitrogen and oxygen atoms in total. The normalized spacial score (nSPS) is 12.4. The van der Waals surface area contributed by atoms with Crippen molar-refractivity contribution in [1.29, 1.82) is 0 Å². The van der Waals surface area contributed by atoms with Crippen molar-refractivity contribution >= 4 is 22.9 Å². The van der Waals surface area contributed by atoms with Gasteiger partial charge in [-0.3, -0.25) is 4.98 Å². The smallest absolute Gasteiger partial charge is 0.106 e. The molecular formula is C15H26N4S. The summed E-state index contributed by atoms with van der Waals surface area (Å²) in [6.07, 6.45) is 5.79. The molecule has 0 aliphatic carbocycles. The van der Waals surface area contributed by atoms with E-state index in [2.05, 4.69) is 36.0 Å². The number of hydrogen-bond acceptors (Lipinski definition) is 4. The second-order valence-electron chi connectivity index (χ2n) is 5.00. The monoisotopic (exact) mass is 294 g/mol. The Balaban J connectivity index is 2.46. The zero-order chi connectivity index (χ0) is 15.0. The molecule has 0 saturated heterocycles. The van der Waals surface area contributed by atoms with Gasteiger partial charge in [0.1, 0.15) is 4.99 Å². The first-order chi connectivity index (χ1) is 9.58. The summed E-state index contributed by atoms with van der Waals surface area (Å²) in [4.78, 5) is 6.98. The number of nitrogens with zero attached hydrogens (tertiary/aromatic N) is 2. The SMILES string of the molecule is CCN(CC)CCCC(C)Nc1cnccc1C(N)=S.